The fourth-order valence-corrected chi connectivity index (χ4v) is 2.18. The zero-order valence-corrected chi connectivity index (χ0v) is 12.4. The monoisotopic (exact) mass is 346 g/mol. The summed E-state index contributed by atoms with van der Waals surface area (Å²) in [4.78, 5) is 23.2. The SMILES string of the molecule is O=C(O)c1ccccc1C(=O)C=Cc1cc(Br)ccc1O. The quantitative estimate of drug-likeness (QED) is 0.653. The molecule has 106 valence electrons. The first-order valence-electron chi connectivity index (χ1n) is 6.02. The minimum absolute atomic E-state index is 0.0359. The van der Waals surface area contributed by atoms with Crippen LogP contribution in [0.2, 0.25) is 0 Å². The number of hydrogen-bond donors (Lipinski definition) is 2. The van der Waals surface area contributed by atoms with Crippen molar-refractivity contribution in [3.63, 3.8) is 0 Å². The van der Waals surface area contributed by atoms with E-state index in [9.17, 15) is 14.7 Å². The predicted octanol–water partition coefficient (Wildman–Crippen LogP) is 3.75. The molecule has 2 N–H and O–H groups in total. The second-order valence-electron chi connectivity index (χ2n) is 4.25. The van der Waals surface area contributed by atoms with Crippen molar-refractivity contribution in [3.8, 4) is 5.75 Å². The molecule has 0 bridgehead atoms. The van der Waals surface area contributed by atoms with Gasteiger partial charge in [-0.15, -0.1) is 0 Å². The Hall–Kier alpha value is -2.40. The molecule has 0 aliphatic heterocycles. The molecule has 21 heavy (non-hydrogen) atoms. The number of ketones is 1. The standard InChI is InChI=1S/C16H11BrO4/c17-11-6-8-14(18)10(9-11)5-7-15(19)12-3-1-2-4-13(12)16(20)21/h1-9,18H,(H,20,21). The second kappa shape index (κ2) is 6.37. The van der Waals surface area contributed by atoms with E-state index in [-0.39, 0.29) is 16.9 Å². The van der Waals surface area contributed by atoms with Gasteiger partial charge in [-0.05, 0) is 36.4 Å². The third kappa shape index (κ3) is 3.58. The average Bonchev–Trinajstić information content (AvgIpc) is 2.47. The Morgan fingerprint density at radius 1 is 1.05 bits per heavy atom. The molecule has 4 nitrogen and oxygen atoms in total. The van der Waals surface area contributed by atoms with Crippen LogP contribution in [0.4, 0.5) is 0 Å². The molecule has 0 aromatic heterocycles. The zero-order chi connectivity index (χ0) is 15.4. The highest BCUT2D eigenvalue weighted by molar-refractivity contribution is 9.10. The number of hydrogen-bond acceptors (Lipinski definition) is 3. The van der Waals surface area contributed by atoms with E-state index >= 15 is 0 Å². The number of aromatic hydroxyl groups is 1. The first-order valence-corrected chi connectivity index (χ1v) is 6.81. The first-order chi connectivity index (χ1) is 9.99. The van der Waals surface area contributed by atoms with Crippen molar-refractivity contribution in [2.75, 3.05) is 0 Å². The van der Waals surface area contributed by atoms with E-state index in [0.29, 0.717) is 5.56 Å². The molecular formula is C16H11BrO4. The first kappa shape index (κ1) is 15.0. The fourth-order valence-electron chi connectivity index (χ4n) is 1.80. The molecule has 0 saturated carbocycles. The minimum Gasteiger partial charge on any atom is -0.507 e. The zero-order valence-electron chi connectivity index (χ0n) is 10.8. The Labute approximate surface area is 129 Å². The fraction of sp³-hybridized carbons (Fsp3) is 0. The number of aromatic carboxylic acids is 1. The number of halogens is 1. The maximum absolute atomic E-state index is 12.1. The number of benzene rings is 2. The molecule has 5 heteroatoms. The summed E-state index contributed by atoms with van der Waals surface area (Å²) in [5.74, 6) is -1.56. The molecule has 0 aliphatic rings. The van der Waals surface area contributed by atoms with E-state index in [1.54, 1.807) is 24.3 Å². The number of carbonyl (C=O) groups excluding carboxylic acids is 1. The van der Waals surface area contributed by atoms with Gasteiger partial charge < -0.3 is 10.2 Å². The van der Waals surface area contributed by atoms with Gasteiger partial charge in [-0.1, -0.05) is 34.1 Å². The van der Waals surface area contributed by atoms with Crippen LogP contribution >= 0.6 is 15.9 Å². The highest BCUT2D eigenvalue weighted by Crippen LogP contribution is 2.23. The van der Waals surface area contributed by atoms with Gasteiger partial charge >= 0.3 is 5.97 Å². The van der Waals surface area contributed by atoms with Crippen molar-refractivity contribution in [2.24, 2.45) is 0 Å². The summed E-state index contributed by atoms with van der Waals surface area (Å²) in [6, 6.07) is 10.8. The van der Waals surface area contributed by atoms with Crippen molar-refractivity contribution in [2.45, 2.75) is 0 Å². The van der Waals surface area contributed by atoms with Gasteiger partial charge in [0.2, 0.25) is 0 Å². The van der Waals surface area contributed by atoms with Gasteiger partial charge in [0.15, 0.2) is 5.78 Å². The molecule has 0 fully saturated rings. The second-order valence-corrected chi connectivity index (χ2v) is 5.17. The summed E-state index contributed by atoms with van der Waals surface area (Å²) >= 11 is 3.27. The molecule has 0 radical (unpaired) electrons. The normalized spacial score (nSPS) is 10.7. The largest absolute Gasteiger partial charge is 0.507 e. The number of carboxylic acids is 1. The van der Waals surface area contributed by atoms with Crippen LogP contribution in [0, 0.1) is 0 Å². The number of allylic oxidation sites excluding steroid dienone is 1. The minimum atomic E-state index is -1.15. The lowest BCUT2D eigenvalue weighted by molar-refractivity contribution is 0.0693. The van der Waals surface area contributed by atoms with E-state index in [1.807, 2.05) is 0 Å². The Morgan fingerprint density at radius 3 is 2.38 bits per heavy atom. The van der Waals surface area contributed by atoms with E-state index in [0.717, 1.165) is 4.47 Å². The van der Waals surface area contributed by atoms with Crippen LogP contribution in [0.1, 0.15) is 26.3 Å². The van der Waals surface area contributed by atoms with Gasteiger partial charge in [0.25, 0.3) is 0 Å². The molecule has 0 atom stereocenters. The van der Waals surface area contributed by atoms with Crippen LogP contribution in [-0.4, -0.2) is 22.0 Å². The smallest absolute Gasteiger partial charge is 0.336 e. The molecule has 0 saturated heterocycles. The van der Waals surface area contributed by atoms with E-state index in [2.05, 4.69) is 15.9 Å². The summed E-state index contributed by atoms with van der Waals surface area (Å²) in [5, 5.41) is 18.7. The average molecular weight is 347 g/mol. The summed E-state index contributed by atoms with van der Waals surface area (Å²) in [6.45, 7) is 0. The van der Waals surface area contributed by atoms with Crippen molar-refractivity contribution >= 4 is 33.8 Å². The Balaban J connectivity index is 2.32. The Bertz CT molecular complexity index is 735. The van der Waals surface area contributed by atoms with Crippen LogP contribution in [0.25, 0.3) is 6.08 Å². The summed E-state index contributed by atoms with van der Waals surface area (Å²) < 4.78 is 0.762. The topological polar surface area (TPSA) is 74.6 Å². The molecule has 0 aliphatic carbocycles. The van der Waals surface area contributed by atoms with Crippen LogP contribution in [-0.2, 0) is 0 Å². The highest BCUT2D eigenvalue weighted by atomic mass is 79.9. The lowest BCUT2D eigenvalue weighted by Crippen LogP contribution is -2.06. The van der Waals surface area contributed by atoms with Crippen molar-refractivity contribution in [3.05, 3.63) is 69.7 Å². The molecule has 0 amide bonds. The molecule has 2 aromatic rings. The molecule has 2 aromatic carbocycles. The molecule has 0 heterocycles. The predicted molar refractivity (Wildman–Crippen MR) is 82.6 cm³/mol. The summed E-state index contributed by atoms with van der Waals surface area (Å²) in [5.41, 5.74) is 0.520. The summed E-state index contributed by atoms with van der Waals surface area (Å²) in [7, 11) is 0. The number of rotatable bonds is 4. The van der Waals surface area contributed by atoms with E-state index in [1.165, 1.54) is 30.4 Å². The number of phenols is 1. The molecule has 2 rings (SSSR count). The third-order valence-corrected chi connectivity index (χ3v) is 3.32. The van der Waals surface area contributed by atoms with Gasteiger partial charge in [-0.25, -0.2) is 4.79 Å². The molecular weight excluding hydrogens is 336 g/mol. The van der Waals surface area contributed by atoms with Gasteiger partial charge in [0, 0.05) is 15.6 Å². The maximum atomic E-state index is 12.1. The van der Waals surface area contributed by atoms with Crippen LogP contribution in [0.5, 0.6) is 5.75 Å². The van der Waals surface area contributed by atoms with Crippen molar-refractivity contribution in [1.82, 2.24) is 0 Å². The van der Waals surface area contributed by atoms with Crippen molar-refractivity contribution in [1.29, 1.82) is 0 Å². The van der Waals surface area contributed by atoms with Gasteiger partial charge in [0.05, 0.1) is 5.56 Å². The number of carbonyl (C=O) groups is 2. The molecule has 0 spiro atoms. The lowest BCUT2D eigenvalue weighted by atomic mass is 10.0. The van der Waals surface area contributed by atoms with E-state index in [4.69, 9.17) is 5.11 Å². The van der Waals surface area contributed by atoms with Crippen LogP contribution in [0.3, 0.4) is 0 Å². The summed E-state index contributed by atoms with van der Waals surface area (Å²) in [6.07, 6.45) is 2.68. The number of carboxylic acid groups (broad SMARTS) is 1. The van der Waals surface area contributed by atoms with E-state index < -0.39 is 11.8 Å². The van der Waals surface area contributed by atoms with Crippen LogP contribution < -0.4 is 0 Å². The van der Waals surface area contributed by atoms with Gasteiger partial charge in [-0.3, -0.25) is 4.79 Å². The lowest BCUT2D eigenvalue weighted by Gasteiger charge is -2.02. The Morgan fingerprint density at radius 2 is 1.71 bits per heavy atom. The highest BCUT2D eigenvalue weighted by Gasteiger charge is 2.13. The Kier molecular flexibility index (Phi) is 4.55. The van der Waals surface area contributed by atoms with Crippen molar-refractivity contribution < 1.29 is 19.8 Å². The number of phenolic OH excluding ortho intramolecular Hbond substituents is 1. The van der Waals surface area contributed by atoms with Gasteiger partial charge in [0.1, 0.15) is 5.75 Å². The van der Waals surface area contributed by atoms with Gasteiger partial charge in [-0.2, -0.15) is 0 Å². The maximum Gasteiger partial charge on any atom is 0.336 e. The van der Waals surface area contributed by atoms with Crippen LogP contribution in [0.15, 0.2) is 53.0 Å². The third-order valence-electron chi connectivity index (χ3n) is 2.83. The molecule has 0 unspecified atom stereocenters.